The first kappa shape index (κ1) is 17.1. The summed E-state index contributed by atoms with van der Waals surface area (Å²) >= 11 is 0. The topological polar surface area (TPSA) is 169 Å². The molecule has 8 atom stereocenters. The van der Waals surface area contributed by atoms with Gasteiger partial charge in [0, 0.05) is 0 Å². The van der Waals surface area contributed by atoms with Crippen molar-refractivity contribution in [2.24, 2.45) is 0 Å². The number of carboxylic acid groups (broad SMARTS) is 1. The van der Waals surface area contributed by atoms with Crippen LogP contribution < -0.4 is 5.11 Å². The van der Waals surface area contributed by atoms with Crippen LogP contribution in [0.2, 0.25) is 0 Å². The first-order valence-electron chi connectivity index (χ1n) is 6.53. The standard InChI is InChI=1S/C12H18O10/c1-3-6(14)8(16)9(11(19)20-3)22-12-7(15)4(13)2-5(21-12)10(17)18/h2-4,6-9,11-16,19H,1H3,(H,17,18)/p-1. The van der Waals surface area contributed by atoms with Crippen molar-refractivity contribution >= 4 is 5.97 Å². The Balaban J connectivity index is 2.12. The summed E-state index contributed by atoms with van der Waals surface area (Å²) in [6.45, 7) is 1.42. The summed E-state index contributed by atoms with van der Waals surface area (Å²) in [5.41, 5.74) is 0. The van der Waals surface area contributed by atoms with Gasteiger partial charge in [-0.3, -0.25) is 0 Å². The van der Waals surface area contributed by atoms with E-state index >= 15 is 0 Å². The minimum absolute atomic E-state index is 0.723. The highest BCUT2D eigenvalue weighted by Gasteiger charge is 2.46. The molecule has 0 amide bonds. The van der Waals surface area contributed by atoms with Gasteiger partial charge in [0.1, 0.15) is 42.2 Å². The van der Waals surface area contributed by atoms with E-state index in [2.05, 4.69) is 0 Å². The maximum atomic E-state index is 10.8. The Labute approximate surface area is 124 Å². The number of rotatable bonds is 3. The zero-order valence-corrected chi connectivity index (χ0v) is 11.5. The van der Waals surface area contributed by atoms with Crippen molar-refractivity contribution in [2.45, 2.75) is 56.1 Å². The molecule has 2 rings (SSSR count). The maximum absolute atomic E-state index is 10.8. The first-order valence-corrected chi connectivity index (χ1v) is 6.53. The van der Waals surface area contributed by atoms with Gasteiger partial charge in [0.25, 0.3) is 0 Å². The van der Waals surface area contributed by atoms with Crippen LogP contribution in [-0.2, 0) is 19.0 Å². The second kappa shape index (κ2) is 6.46. The van der Waals surface area contributed by atoms with E-state index in [9.17, 15) is 35.4 Å². The summed E-state index contributed by atoms with van der Waals surface area (Å²) in [7, 11) is 0. The fourth-order valence-corrected chi connectivity index (χ4v) is 2.19. The second-order valence-corrected chi connectivity index (χ2v) is 5.10. The van der Waals surface area contributed by atoms with Gasteiger partial charge in [-0.1, -0.05) is 0 Å². The third-order valence-electron chi connectivity index (χ3n) is 3.49. The number of aliphatic hydroxyl groups excluding tert-OH is 5. The monoisotopic (exact) mass is 321 g/mol. The summed E-state index contributed by atoms with van der Waals surface area (Å²) in [6, 6.07) is 0. The molecule has 0 aromatic carbocycles. The predicted molar refractivity (Wildman–Crippen MR) is 63.4 cm³/mol. The van der Waals surface area contributed by atoms with Crippen molar-refractivity contribution in [3.8, 4) is 0 Å². The smallest absolute Gasteiger partial charge is 0.229 e. The molecule has 0 radical (unpaired) electrons. The van der Waals surface area contributed by atoms with Crippen LogP contribution in [0.1, 0.15) is 6.92 Å². The molecule has 0 aliphatic carbocycles. The van der Waals surface area contributed by atoms with Gasteiger partial charge in [0.15, 0.2) is 6.29 Å². The molecule has 22 heavy (non-hydrogen) atoms. The average Bonchev–Trinajstić information content (AvgIpc) is 2.45. The highest BCUT2D eigenvalue weighted by atomic mass is 16.7. The Bertz CT molecular complexity index is 451. The Kier molecular flexibility index (Phi) is 5.02. The lowest BCUT2D eigenvalue weighted by Gasteiger charge is -2.42. The summed E-state index contributed by atoms with van der Waals surface area (Å²) in [4.78, 5) is 10.8. The fraction of sp³-hybridized carbons (Fsp3) is 0.750. The van der Waals surface area contributed by atoms with E-state index < -0.39 is 60.9 Å². The molecule has 5 N–H and O–H groups in total. The van der Waals surface area contributed by atoms with Gasteiger partial charge in [-0.05, 0) is 13.0 Å². The Morgan fingerprint density at radius 2 is 1.82 bits per heavy atom. The number of aliphatic hydroxyl groups is 5. The number of hydrogen-bond donors (Lipinski definition) is 5. The largest absolute Gasteiger partial charge is 0.542 e. The van der Waals surface area contributed by atoms with Crippen LogP contribution in [0, 0.1) is 0 Å². The third kappa shape index (κ3) is 3.22. The van der Waals surface area contributed by atoms with E-state index in [-0.39, 0.29) is 0 Å². The predicted octanol–water partition coefficient (Wildman–Crippen LogP) is -4.46. The Hall–Kier alpha value is -1.27. The van der Waals surface area contributed by atoms with Crippen molar-refractivity contribution in [1.29, 1.82) is 0 Å². The average molecular weight is 321 g/mol. The maximum Gasteiger partial charge on any atom is 0.229 e. The van der Waals surface area contributed by atoms with E-state index in [1.165, 1.54) is 6.92 Å². The zero-order chi connectivity index (χ0) is 16.6. The van der Waals surface area contributed by atoms with Crippen molar-refractivity contribution < 1.29 is 49.6 Å². The highest BCUT2D eigenvalue weighted by molar-refractivity contribution is 5.82. The number of hydrogen-bond acceptors (Lipinski definition) is 10. The van der Waals surface area contributed by atoms with Crippen molar-refractivity contribution in [2.75, 3.05) is 0 Å². The Morgan fingerprint density at radius 1 is 1.18 bits per heavy atom. The lowest BCUT2D eigenvalue weighted by Crippen LogP contribution is -2.60. The molecular weight excluding hydrogens is 304 g/mol. The summed E-state index contributed by atoms with van der Waals surface area (Å²) in [6.07, 6.45) is -11.3. The molecule has 0 spiro atoms. The van der Waals surface area contributed by atoms with Crippen molar-refractivity contribution in [3.63, 3.8) is 0 Å². The van der Waals surface area contributed by atoms with Gasteiger partial charge in [0.05, 0.1) is 6.10 Å². The van der Waals surface area contributed by atoms with Crippen molar-refractivity contribution in [3.05, 3.63) is 11.8 Å². The summed E-state index contributed by atoms with van der Waals surface area (Å²) in [5, 5.41) is 59.3. The second-order valence-electron chi connectivity index (χ2n) is 5.10. The molecule has 126 valence electrons. The molecular formula is C12H17O10-. The zero-order valence-electron chi connectivity index (χ0n) is 11.5. The molecule has 2 aliphatic rings. The van der Waals surface area contributed by atoms with Gasteiger partial charge in [0.2, 0.25) is 6.29 Å². The van der Waals surface area contributed by atoms with Gasteiger partial charge in [-0.15, -0.1) is 0 Å². The molecule has 0 aromatic rings. The van der Waals surface area contributed by atoms with E-state index in [0.29, 0.717) is 0 Å². The van der Waals surface area contributed by atoms with Gasteiger partial charge < -0.3 is 49.6 Å². The van der Waals surface area contributed by atoms with Gasteiger partial charge in [-0.2, -0.15) is 0 Å². The van der Waals surface area contributed by atoms with Crippen molar-refractivity contribution in [1.82, 2.24) is 0 Å². The van der Waals surface area contributed by atoms with Crippen LogP contribution in [0.3, 0.4) is 0 Å². The molecule has 2 aliphatic heterocycles. The highest BCUT2D eigenvalue weighted by Crippen LogP contribution is 2.27. The molecule has 10 nitrogen and oxygen atoms in total. The molecule has 1 fully saturated rings. The first-order chi connectivity index (χ1) is 10.2. The lowest BCUT2D eigenvalue weighted by atomic mass is 9.99. The number of aliphatic carboxylic acids is 1. The van der Waals surface area contributed by atoms with E-state index in [4.69, 9.17) is 14.2 Å². The molecule has 8 unspecified atom stereocenters. The molecule has 0 bridgehead atoms. The normalized spacial score (nSPS) is 45.8. The molecule has 0 saturated carbocycles. The van der Waals surface area contributed by atoms with Crippen LogP contribution in [0.5, 0.6) is 0 Å². The quantitative estimate of drug-likeness (QED) is 0.342. The minimum atomic E-state index is -1.74. The fourth-order valence-electron chi connectivity index (χ4n) is 2.19. The van der Waals surface area contributed by atoms with Crippen LogP contribution in [0.25, 0.3) is 0 Å². The summed E-state index contributed by atoms with van der Waals surface area (Å²) < 4.78 is 14.8. The molecule has 2 heterocycles. The number of carbonyl (C=O) groups is 1. The van der Waals surface area contributed by atoms with Crippen LogP contribution in [-0.4, -0.2) is 80.7 Å². The lowest BCUT2D eigenvalue weighted by molar-refractivity contribution is -0.335. The third-order valence-corrected chi connectivity index (χ3v) is 3.49. The molecule has 0 aromatic heterocycles. The summed E-state index contributed by atoms with van der Waals surface area (Å²) in [5.74, 6) is -2.51. The van der Waals surface area contributed by atoms with Gasteiger partial charge in [-0.25, -0.2) is 0 Å². The molecule has 10 heteroatoms. The number of carboxylic acids is 1. The number of ether oxygens (including phenoxy) is 3. The van der Waals surface area contributed by atoms with Crippen LogP contribution >= 0.6 is 0 Å². The van der Waals surface area contributed by atoms with Gasteiger partial charge >= 0.3 is 0 Å². The minimum Gasteiger partial charge on any atom is -0.542 e. The van der Waals surface area contributed by atoms with Crippen LogP contribution in [0.15, 0.2) is 11.8 Å². The Morgan fingerprint density at radius 3 is 2.41 bits per heavy atom. The van der Waals surface area contributed by atoms with E-state index in [0.717, 1.165) is 6.08 Å². The van der Waals surface area contributed by atoms with E-state index in [1.54, 1.807) is 0 Å². The van der Waals surface area contributed by atoms with E-state index in [1.807, 2.05) is 0 Å². The SMILES string of the molecule is CC1OC(O)C(OC2OC(C(=O)[O-])=CC(O)C2O)C(O)C1O. The number of carbonyl (C=O) groups excluding carboxylic acids is 1. The molecule has 1 saturated heterocycles. The van der Waals surface area contributed by atoms with Crippen LogP contribution in [0.4, 0.5) is 0 Å².